The summed E-state index contributed by atoms with van der Waals surface area (Å²) in [5.41, 5.74) is 2.52. The van der Waals surface area contributed by atoms with Gasteiger partial charge in [0, 0.05) is 15.6 Å². The average molecular weight is 481 g/mol. The molecule has 0 aromatic heterocycles. The second-order valence-corrected chi connectivity index (χ2v) is 8.23. The van der Waals surface area contributed by atoms with Gasteiger partial charge in [0.05, 0.1) is 5.69 Å². The Balaban J connectivity index is 1.52. The van der Waals surface area contributed by atoms with E-state index in [2.05, 4.69) is 5.32 Å². The lowest BCUT2D eigenvalue weighted by Crippen LogP contribution is -2.54. The topological polar surface area (TPSA) is 75.7 Å². The van der Waals surface area contributed by atoms with Crippen molar-refractivity contribution in [2.45, 2.75) is 13.5 Å². The molecule has 1 aliphatic rings. The molecule has 1 fully saturated rings. The van der Waals surface area contributed by atoms with E-state index in [9.17, 15) is 14.4 Å². The molecule has 1 N–H and O–H groups in total. The molecule has 33 heavy (non-hydrogen) atoms. The molecule has 8 heteroatoms. The van der Waals surface area contributed by atoms with Gasteiger partial charge in [0.15, 0.2) is 0 Å². The van der Waals surface area contributed by atoms with Crippen LogP contribution in [0.15, 0.2) is 72.3 Å². The molecule has 4 rings (SSSR count). The predicted octanol–water partition coefficient (Wildman–Crippen LogP) is 5.55. The van der Waals surface area contributed by atoms with Crippen LogP contribution in [0.4, 0.5) is 10.5 Å². The molecule has 0 radical (unpaired) electrons. The van der Waals surface area contributed by atoms with E-state index < -0.39 is 17.8 Å². The predicted molar refractivity (Wildman–Crippen MR) is 127 cm³/mol. The first-order valence-corrected chi connectivity index (χ1v) is 10.7. The molecule has 166 valence electrons. The van der Waals surface area contributed by atoms with Gasteiger partial charge in [-0.3, -0.25) is 14.9 Å². The Hall–Kier alpha value is -3.61. The van der Waals surface area contributed by atoms with Gasteiger partial charge in [-0.25, -0.2) is 9.69 Å². The van der Waals surface area contributed by atoms with Crippen LogP contribution in [-0.2, 0) is 16.2 Å². The highest BCUT2D eigenvalue weighted by Gasteiger charge is 2.36. The number of urea groups is 1. The fraction of sp³-hybridized carbons (Fsp3) is 0.0800. The van der Waals surface area contributed by atoms with Gasteiger partial charge in [-0.05, 0) is 60.5 Å². The van der Waals surface area contributed by atoms with Gasteiger partial charge in [0.25, 0.3) is 11.8 Å². The summed E-state index contributed by atoms with van der Waals surface area (Å²) in [6, 6.07) is 18.2. The van der Waals surface area contributed by atoms with Crippen LogP contribution in [0.3, 0.4) is 0 Å². The Kier molecular flexibility index (Phi) is 6.49. The first-order valence-electron chi connectivity index (χ1n) is 9.97. The zero-order valence-corrected chi connectivity index (χ0v) is 19.0. The van der Waals surface area contributed by atoms with Crippen molar-refractivity contribution >= 4 is 52.8 Å². The van der Waals surface area contributed by atoms with Gasteiger partial charge in [-0.1, -0.05) is 53.5 Å². The fourth-order valence-corrected chi connectivity index (χ4v) is 3.75. The number of carbonyl (C=O) groups is 3. The van der Waals surface area contributed by atoms with Crippen molar-refractivity contribution in [1.82, 2.24) is 5.32 Å². The first kappa shape index (κ1) is 22.6. The number of anilines is 1. The number of benzene rings is 3. The van der Waals surface area contributed by atoms with Crippen LogP contribution in [0.1, 0.15) is 16.7 Å². The highest BCUT2D eigenvalue weighted by Crippen LogP contribution is 2.25. The van der Waals surface area contributed by atoms with E-state index in [0.29, 0.717) is 27.0 Å². The molecule has 0 atom stereocenters. The lowest BCUT2D eigenvalue weighted by molar-refractivity contribution is -0.122. The minimum absolute atomic E-state index is 0.141. The van der Waals surface area contributed by atoms with E-state index in [1.807, 2.05) is 13.0 Å². The molecule has 0 bridgehead atoms. The summed E-state index contributed by atoms with van der Waals surface area (Å²) in [6.07, 6.45) is 1.44. The lowest BCUT2D eigenvalue weighted by Gasteiger charge is -2.26. The Morgan fingerprint density at radius 3 is 2.42 bits per heavy atom. The van der Waals surface area contributed by atoms with Gasteiger partial charge in [-0.15, -0.1) is 0 Å². The Morgan fingerprint density at radius 1 is 0.970 bits per heavy atom. The van der Waals surface area contributed by atoms with Crippen LogP contribution in [0, 0.1) is 6.92 Å². The minimum atomic E-state index is -0.780. The summed E-state index contributed by atoms with van der Waals surface area (Å²) in [5, 5.41) is 3.28. The number of aryl methyl sites for hydroxylation is 1. The molecule has 1 aliphatic heterocycles. The standard InChI is InChI=1S/C25H18Cl2N2O4/c1-15-3-2-4-19(11-15)29-24(31)21(23(30)28-25(29)32)12-16-5-9-20(10-6-16)33-14-17-7-8-18(26)13-22(17)27/h2-13H,14H2,1H3,(H,28,30,32)/b21-12+. The number of imide groups is 2. The van der Waals surface area contributed by atoms with Gasteiger partial charge in [0.1, 0.15) is 17.9 Å². The second-order valence-electron chi connectivity index (χ2n) is 7.39. The maximum atomic E-state index is 13.0. The van der Waals surface area contributed by atoms with E-state index in [1.54, 1.807) is 60.7 Å². The van der Waals surface area contributed by atoms with Gasteiger partial charge in [-0.2, -0.15) is 0 Å². The first-order chi connectivity index (χ1) is 15.8. The summed E-state index contributed by atoms with van der Waals surface area (Å²) in [4.78, 5) is 38.6. The number of hydrogen-bond acceptors (Lipinski definition) is 4. The van der Waals surface area contributed by atoms with E-state index in [4.69, 9.17) is 27.9 Å². The monoisotopic (exact) mass is 480 g/mol. The SMILES string of the molecule is Cc1cccc(N2C(=O)NC(=O)/C(=C\c3ccc(OCc4ccc(Cl)cc4Cl)cc3)C2=O)c1. The largest absolute Gasteiger partial charge is 0.489 e. The Morgan fingerprint density at radius 2 is 1.73 bits per heavy atom. The molecule has 0 unspecified atom stereocenters. The van der Waals surface area contributed by atoms with Crippen molar-refractivity contribution < 1.29 is 19.1 Å². The minimum Gasteiger partial charge on any atom is -0.489 e. The van der Waals surface area contributed by atoms with E-state index in [1.165, 1.54) is 6.08 Å². The van der Waals surface area contributed by atoms with Crippen LogP contribution in [0.5, 0.6) is 5.75 Å². The quantitative estimate of drug-likeness (QED) is 0.383. The van der Waals surface area contributed by atoms with E-state index in [-0.39, 0.29) is 12.2 Å². The summed E-state index contributed by atoms with van der Waals surface area (Å²) in [7, 11) is 0. The van der Waals surface area contributed by atoms with Crippen molar-refractivity contribution in [3.8, 4) is 5.75 Å². The third-order valence-electron chi connectivity index (χ3n) is 4.96. The maximum Gasteiger partial charge on any atom is 0.335 e. The van der Waals surface area contributed by atoms with Crippen molar-refractivity contribution in [2.75, 3.05) is 4.90 Å². The van der Waals surface area contributed by atoms with E-state index in [0.717, 1.165) is 16.0 Å². The van der Waals surface area contributed by atoms with Gasteiger partial charge >= 0.3 is 6.03 Å². The normalized spacial score (nSPS) is 15.1. The summed E-state index contributed by atoms with van der Waals surface area (Å²) in [5.74, 6) is -0.849. The van der Waals surface area contributed by atoms with Gasteiger partial charge in [0.2, 0.25) is 0 Å². The molecule has 1 heterocycles. The van der Waals surface area contributed by atoms with Crippen LogP contribution >= 0.6 is 23.2 Å². The smallest absolute Gasteiger partial charge is 0.335 e. The second kappa shape index (κ2) is 9.48. The molecule has 6 nitrogen and oxygen atoms in total. The molecule has 1 saturated heterocycles. The van der Waals surface area contributed by atoms with Crippen molar-refractivity contribution in [3.05, 3.63) is 99.0 Å². The molecule has 3 aromatic carbocycles. The summed E-state index contributed by atoms with van der Waals surface area (Å²) < 4.78 is 5.75. The Bertz CT molecular complexity index is 1290. The van der Waals surface area contributed by atoms with E-state index >= 15 is 0 Å². The number of rotatable bonds is 5. The number of ether oxygens (including phenoxy) is 1. The molecule has 4 amide bonds. The Labute approximate surface area is 200 Å². The number of nitrogens with zero attached hydrogens (tertiary/aromatic N) is 1. The van der Waals surface area contributed by atoms with Crippen LogP contribution in [0.2, 0.25) is 10.0 Å². The zero-order valence-electron chi connectivity index (χ0n) is 17.5. The summed E-state index contributed by atoms with van der Waals surface area (Å²) in [6.45, 7) is 2.10. The number of amides is 4. The van der Waals surface area contributed by atoms with Gasteiger partial charge < -0.3 is 4.74 Å². The fourth-order valence-electron chi connectivity index (χ4n) is 3.29. The molecule has 0 aliphatic carbocycles. The third-order valence-corrected chi connectivity index (χ3v) is 5.55. The summed E-state index contributed by atoms with van der Waals surface area (Å²) >= 11 is 12.1. The number of hydrogen-bond donors (Lipinski definition) is 1. The lowest BCUT2D eigenvalue weighted by atomic mass is 10.1. The van der Waals surface area contributed by atoms with Crippen molar-refractivity contribution in [3.63, 3.8) is 0 Å². The number of barbiturate groups is 1. The highest BCUT2D eigenvalue weighted by molar-refractivity contribution is 6.39. The molecular weight excluding hydrogens is 463 g/mol. The third kappa shape index (κ3) is 5.08. The van der Waals surface area contributed by atoms with Crippen LogP contribution in [-0.4, -0.2) is 17.8 Å². The van der Waals surface area contributed by atoms with Crippen molar-refractivity contribution in [2.24, 2.45) is 0 Å². The van der Waals surface area contributed by atoms with Crippen LogP contribution < -0.4 is 15.0 Å². The number of nitrogens with one attached hydrogen (secondary N) is 1. The van der Waals surface area contributed by atoms with Crippen LogP contribution in [0.25, 0.3) is 6.08 Å². The maximum absolute atomic E-state index is 13.0. The van der Waals surface area contributed by atoms with Crippen molar-refractivity contribution in [1.29, 1.82) is 0 Å². The number of carbonyl (C=O) groups excluding carboxylic acids is 3. The molecule has 0 spiro atoms. The zero-order chi connectivity index (χ0) is 23.5. The highest BCUT2D eigenvalue weighted by atomic mass is 35.5. The molecule has 0 saturated carbocycles. The average Bonchev–Trinajstić information content (AvgIpc) is 2.77. The molecule has 3 aromatic rings. The molecular formula is C25H18Cl2N2O4. The number of halogens is 2.